The first-order valence-electron chi connectivity index (χ1n) is 9.26. The van der Waals surface area contributed by atoms with Gasteiger partial charge in [0.05, 0.1) is 13.2 Å². The average Bonchev–Trinajstić information content (AvgIpc) is 2.51. The van der Waals surface area contributed by atoms with Crippen LogP contribution in [0.2, 0.25) is 0 Å². The Bertz CT molecular complexity index is 346. The van der Waals surface area contributed by atoms with Crippen LogP contribution in [0, 0.1) is 11.8 Å². The molecule has 2 aliphatic carbocycles. The molecule has 23 heavy (non-hydrogen) atoms. The number of ether oxygens (including phenoxy) is 2. The van der Waals surface area contributed by atoms with Crippen molar-refractivity contribution >= 4 is 11.6 Å². The van der Waals surface area contributed by atoms with E-state index >= 15 is 0 Å². The van der Waals surface area contributed by atoms with Crippen LogP contribution >= 0.6 is 0 Å². The molecule has 0 N–H and O–H groups in total. The first kappa shape index (κ1) is 18.6. The SMILES string of the molecule is CC(C)(OCCC1CCC(=O)CC1)OCCC1CCC(=O)CC1. The molecule has 0 spiro atoms. The Morgan fingerprint density at radius 2 is 1.13 bits per heavy atom. The van der Waals surface area contributed by atoms with Gasteiger partial charge >= 0.3 is 0 Å². The second-order valence-electron chi connectivity index (χ2n) is 7.64. The number of rotatable bonds is 8. The molecule has 4 heteroatoms. The lowest BCUT2D eigenvalue weighted by Gasteiger charge is -2.29. The van der Waals surface area contributed by atoms with Crippen molar-refractivity contribution in [3.8, 4) is 0 Å². The zero-order valence-corrected chi connectivity index (χ0v) is 14.8. The molecule has 0 bridgehead atoms. The third-order valence-electron chi connectivity index (χ3n) is 5.28. The van der Waals surface area contributed by atoms with Crippen molar-refractivity contribution in [3.05, 3.63) is 0 Å². The molecule has 2 saturated carbocycles. The number of hydrogen-bond donors (Lipinski definition) is 0. The molecule has 4 nitrogen and oxygen atoms in total. The number of carbonyl (C=O) groups excluding carboxylic acids is 2. The van der Waals surface area contributed by atoms with E-state index in [1.807, 2.05) is 13.8 Å². The highest BCUT2D eigenvalue weighted by molar-refractivity contribution is 5.79. The summed E-state index contributed by atoms with van der Waals surface area (Å²) in [6.45, 7) is 5.34. The van der Waals surface area contributed by atoms with Gasteiger partial charge < -0.3 is 9.47 Å². The van der Waals surface area contributed by atoms with Crippen LogP contribution in [-0.4, -0.2) is 30.6 Å². The predicted molar refractivity (Wildman–Crippen MR) is 89.1 cm³/mol. The fourth-order valence-electron chi connectivity index (χ4n) is 3.56. The Labute approximate surface area is 140 Å². The largest absolute Gasteiger partial charge is 0.351 e. The summed E-state index contributed by atoms with van der Waals surface area (Å²) in [4.78, 5) is 22.5. The minimum Gasteiger partial charge on any atom is -0.351 e. The second kappa shape index (κ2) is 8.93. The van der Waals surface area contributed by atoms with Crippen LogP contribution in [0.3, 0.4) is 0 Å². The third-order valence-corrected chi connectivity index (χ3v) is 5.28. The van der Waals surface area contributed by atoms with E-state index in [1.54, 1.807) is 0 Å². The summed E-state index contributed by atoms with van der Waals surface area (Å²) < 4.78 is 11.8. The molecule has 0 saturated heterocycles. The normalized spacial score (nSPS) is 21.8. The number of ketones is 2. The Morgan fingerprint density at radius 3 is 1.48 bits per heavy atom. The summed E-state index contributed by atoms with van der Waals surface area (Å²) in [6, 6.07) is 0. The highest BCUT2D eigenvalue weighted by atomic mass is 16.7. The monoisotopic (exact) mass is 324 g/mol. The Kier molecular flexibility index (Phi) is 7.22. The molecular weight excluding hydrogens is 292 g/mol. The van der Waals surface area contributed by atoms with E-state index < -0.39 is 5.79 Å². The Morgan fingerprint density at radius 1 is 0.783 bits per heavy atom. The summed E-state index contributed by atoms with van der Waals surface area (Å²) in [5.74, 6) is 1.53. The van der Waals surface area contributed by atoms with Crippen molar-refractivity contribution in [3.63, 3.8) is 0 Å². The van der Waals surface area contributed by atoms with Gasteiger partial charge in [-0.25, -0.2) is 0 Å². The van der Waals surface area contributed by atoms with Crippen molar-refractivity contribution in [1.82, 2.24) is 0 Å². The summed E-state index contributed by atoms with van der Waals surface area (Å²) in [7, 11) is 0. The van der Waals surface area contributed by atoms with Gasteiger partial charge in [-0.2, -0.15) is 0 Å². The molecule has 2 fully saturated rings. The molecule has 0 aromatic heterocycles. The van der Waals surface area contributed by atoms with E-state index in [9.17, 15) is 9.59 Å². The minimum atomic E-state index is -0.547. The molecule has 0 aliphatic heterocycles. The van der Waals surface area contributed by atoms with Crippen molar-refractivity contribution in [2.24, 2.45) is 11.8 Å². The van der Waals surface area contributed by atoms with Crippen molar-refractivity contribution < 1.29 is 19.1 Å². The molecule has 0 radical (unpaired) electrons. The van der Waals surface area contributed by atoms with E-state index in [1.165, 1.54) is 0 Å². The van der Waals surface area contributed by atoms with Crippen LogP contribution in [0.15, 0.2) is 0 Å². The maximum atomic E-state index is 11.2. The fraction of sp³-hybridized carbons (Fsp3) is 0.895. The van der Waals surface area contributed by atoms with Crippen LogP contribution in [0.4, 0.5) is 0 Å². The molecule has 0 amide bonds. The number of carbonyl (C=O) groups is 2. The molecule has 0 aromatic rings. The van der Waals surface area contributed by atoms with Crippen LogP contribution < -0.4 is 0 Å². The quantitative estimate of drug-likeness (QED) is 0.632. The van der Waals surface area contributed by atoms with Gasteiger partial charge in [0.15, 0.2) is 5.79 Å². The zero-order valence-electron chi connectivity index (χ0n) is 14.8. The summed E-state index contributed by atoms with van der Waals surface area (Å²) in [5.41, 5.74) is 0. The lowest BCUT2D eigenvalue weighted by molar-refractivity contribution is -0.216. The van der Waals surface area contributed by atoms with E-state index in [4.69, 9.17) is 9.47 Å². The third kappa shape index (κ3) is 7.13. The molecule has 2 aliphatic rings. The van der Waals surface area contributed by atoms with Gasteiger partial charge in [-0.15, -0.1) is 0 Å². The first-order valence-corrected chi connectivity index (χ1v) is 9.26. The highest BCUT2D eigenvalue weighted by Gasteiger charge is 2.23. The van der Waals surface area contributed by atoms with E-state index in [0.29, 0.717) is 36.6 Å². The van der Waals surface area contributed by atoms with Crippen LogP contribution in [-0.2, 0) is 19.1 Å². The van der Waals surface area contributed by atoms with Crippen LogP contribution in [0.5, 0.6) is 0 Å². The summed E-state index contributed by atoms with van der Waals surface area (Å²) in [5, 5.41) is 0. The fourth-order valence-corrected chi connectivity index (χ4v) is 3.56. The smallest absolute Gasteiger partial charge is 0.162 e. The van der Waals surface area contributed by atoms with Gasteiger partial charge in [-0.05, 0) is 64.2 Å². The average molecular weight is 324 g/mol. The van der Waals surface area contributed by atoms with Crippen molar-refractivity contribution in [2.75, 3.05) is 13.2 Å². The maximum Gasteiger partial charge on any atom is 0.162 e. The molecule has 0 unspecified atom stereocenters. The Hall–Kier alpha value is -0.740. The molecule has 2 rings (SSSR count). The van der Waals surface area contributed by atoms with Crippen molar-refractivity contribution in [1.29, 1.82) is 0 Å². The van der Waals surface area contributed by atoms with Gasteiger partial charge in [0.1, 0.15) is 11.6 Å². The summed E-state index contributed by atoms with van der Waals surface area (Å²) >= 11 is 0. The predicted octanol–water partition coefficient (Wildman–Crippen LogP) is 4.05. The van der Waals surface area contributed by atoms with Crippen molar-refractivity contribution in [2.45, 2.75) is 83.8 Å². The number of Topliss-reactive ketones (excluding diaryl/α,β-unsaturated/α-hetero) is 2. The molecule has 132 valence electrons. The van der Waals surface area contributed by atoms with E-state index in [-0.39, 0.29) is 0 Å². The lowest BCUT2D eigenvalue weighted by Crippen LogP contribution is -2.31. The lowest BCUT2D eigenvalue weighted by atomic mass is 9.86. The second-order valence-corrected chi connectivity index (χ2v) is 7.64. The Balaban J connectivity index is 1.55. The van der Waals surface area contributed by atoms with Gasteiger partial charge in [0, 0.05) is 25.7 Å². The molecular formula is C19H32O4. The first-order chi connectivity index (χ1) is 10.9. The standard InChI is InChI=1S/C19H32O4/c1-19(2,22-13-11-15-3-7-17(20)8-4-15)23-14-12-16-5-9-18(21)10-6-16/h15-16H,3-14H2,1-2H3. The molecule has 0 atom stereocenters. The van der Waals surface area contributed by atoms with Gasteiger partial charge in [-0.3, -0.25) is 9.59 Å². The minimum absolute atomic E-state index is 0.412. The van der Waals surface area contributed by atoms with Crippen LogP contribution in [0.1, 0.15) is 78.1 Å². The number of hydrogen-bond acceptors (Lipinski definition) is 4. The van der Waals surface area contributed by atoms with Gasteiger partial charge in [-0.1, -0.05) is 0 Å². The molecule has 0 aromatic carbocycles. The maximum absolute atomic E-state index is 11.2. The van der Waals surface area contributed by atoms with E-state index in [2.05, 4.69) is 0 Å². The van der Waals surface area contributed by atoms with E-state index in [0.717, 1.165) is 64.2 Å². The van der Waals surface area contributed by atoms with Gasteiger partial charge in [0.25, 0.3) is 0 Å². The highest BCUT2D eigenvalue weighted by Crippen LogP contribution is 2.27. The zero-order chi connectivity index (χ0) is 16.7. The topological polar surface area (TPSA) is 52.6 Å². The van der Waals surface area contributed by atoms with Gasteiger partial charge in [0.2, 0.25) is 0 Å². The van der Waals surface area contributed by atoms with Crippen LogP contribution in [0.25, 0.3) is 0 Å². The molecule has 0 heterocycles. The summed E-state index contributed by atoms with van der Waals surface area (Å²) in [6.07, 6.45) is 9.09.